The minimum Gasteiger partial charge on any atom is -0.384 e. The Balaban J connectivity index is 1.61. The van der Waals surface area contributed by atoms with Gasteiger partial charge in [-0.15, -0.1) is 0 Å². The molecule has 0 radical (unpaired) electrons. The number of nitrogens with two attached hydrogens (primary N) is 2. The Hall–Kier alpha value is -4.85. The van der Waals surface area contributed by atoms with Crippen LogP contribution in [0.5, 0.6) is 0 Å². The number of pyridine rings is 2. The summed E-state index contributed by atoms with van der Waals surface area (Å²) in [6.45, 7) is 3.47. The fourth-order valence-electron chi connectivity index (χ4n) is 3.80. The van der Waals surface area contributed by atoms with Crippen molar-refractivity contribution >= 4 is 28.5 Å². The molecule has 35 heavy (non-hydrogen) atoms. The number of hydrogen-bond donors (Lipinski definition) is 3. The number of nitrogens with zero attached hydrogens (tertiary/aromatic N) is 5. The van der Waals surface area contributed by atoms with Crippen molar-refractivity contribution in [3.8, 4) is 6.07 Å². The van der Waals surface area contributed by atoms with Crippen LogP contribution >= 0.6 is 0 Å². The molecule has 0 unspecified atom stereocenters. The molecule has 3 aromatic heterocycles. The molecule has 11 heteroatoms. The normalized spacial score (nSPS) is 10.8. The van der Waals surface area contributed by atoms with Crippen molar-refractivity contribution in [1.82, 2.24) is 25.1 Å². The Morgan fingerprint density at radius 3 is 2.69 bits per heavy atom. The molecule has 4 aromatic rings. The van der Waals surface area contributed by atoms with Gasteiger partial charge in [0.15, 0.2) is 5.69 Å². The fourth-order valence-corrected chi connectivity index (χ4v) is 3.80. The number of nitrogen functional groups attached to an aromatic ring is 1. The molecule has 0 saturated heterocycles. The number of anilines is 1. The number of primary amides is 1. The summed E-state index contributed by atoms with van der Waals surface area (Å²) in [6, 6.07) is 8.66. The van der Waals surface area contributed by atoms with E-state index in [0.29, 0.717) is 16.8 Å². The zero-order chi connectivity index (χ0) is 25.3. The van der Waals surface area contributed by atoms with Crippen LogP contribution in [0.25, 0.3) is 10.9 Å². The molecular weight excluding hydrogens is 451 g/mol. The van der Waals surface area contributed by atoms with E-state index in [1.165, 1.54) is 10.9 Å². The van der Waals surface area contributed by atoms with Crippen molar-refractivity contribution in [3.63, 3.8) is 0 Å². The van der Waals surface area contributed by atoms with Crippen molar-refractivity contribution in [2.75, 3.05) is 5.73 Å². The van der Waals surface area contributed by atoms with Crippen LogP contribution in [0.15, 0.2) is 36.7 Å². The second-order valence-electron chi connectivity index (χ2n) is 8.07. The number of nitriles is 1. The first-order valence-corrected chi connectivity index (χ1v) is 10.5. The Morgan fingerprint density at radius 1 is 1.23 bits per heavy atom. The Bertz CT molecular complexity index is 1510. The van der Waals surface area contributed by atoms with E-state index in [9.17, 15) is 19.2 Å². The van der Waals surface area contributed by atoms with Gasteiger partial charge in [-0.05, 0) is 43.2 Å². The highest BCUT2D eigenvalue weighted by molar-refractivity contribution is 6.05. The third kappa shape index (κ3) is 4.77. The first-order valence-electron chi connectivity index (χ1n) is 10.5. The van der Waals surface area contributed by atoms with Crippen LogP contribution < -0.4 is 16.8 Å². The summed E-state index contributed by atoms with van der Waals surface area (Å²) < 4.78 is 15.6. The van der Waals surface area contributed by atoms with Crippen molar-refractivity contribution in [3.05, 3.63) is 81.7 Å². The van der Waals surface area contributed by atoms with Gasteiger partial charge in [0.05, 0.1) is 23.2 Å². The lowest BCUT2D eigenvalue weighted by Crippen LogP contribution is -2.26. The first kappa shape index (κ1) is 23.3. The van der Waals surface area contributed by atoms with E-state index in [1.54, 1.807) is 19.2 Å². The molecule has 0 spiro atoms. The number of aryl methyl sites for hydroxylation is 2. The molecule has 4 rings (SSSR count). The zero-order valence-corrected chi connectivity index (χ0v) is 19.0. The second kappa shape index (κ2) is 9.18. The molecule has 3 heterocycles. The number of aromatic nitrogens is 4. The lowest BCUT2D eigenvalue weighted by Gasteiger charge is -2.09. The Labute approximate surface area is 199 Å². The van der Waals surface area contributed by atoms with E-state index in [-0.39, 0.29) is 35.7 Å². The third-order valence-electron chi connectivity index (χ3n) is 5.41. The molecule has 10 nitrogen and oxygen atoms in total. The summed E-state index contributed by atoms with van der Waals surface area (Å²) in [5.41, 5.74) is 13.8. The molecule has 0 atom stereocenters. The number of rotatable bonds is 6. The summed E-state index contributed by atoms with van der Waals surface area (Å²) in [7, 11) is 0. The maximum absolute atomic E-state index is 14.2. The van der Waals surface area contributed by atoms with E-state index >= 15 is 0 Å². The van der Waals surface area contributed by atoms with Gasteiger partial charge in [0.1, 0.15) is 17.7 Å². The van der Waals surface area contributed by atoms with Gasteiger partial charge in [0, 0.05) is 41.6 Å². The molecule has 176 valence electrons. The van der Waals surface area contributed by atoms with Crippen LogP contribution in [0.4, 0.5) is 10.2 Å². The topological polar surface area (TPSA) is 166 Å². The predicted molar refractivity (Wildman–Crippen MR) is 126 cm³/mol. The maximum atomic E-state index is 14.2. The minimum atomic E-state index is -0.888. The van der Waals surface area contributed by atoms with Crippen LogP contribution in [-0.2, 0) is 13.1 Å². The first-order chi connectivity index (χ1) is 16.7. The molecule has 0 bridgehead atoms. The standard InChI is InChI=1S/C24H21FN8O2/c1-12-3-15-4-14(5-16(7-26)21(15)29-8-12)10-33-11-18(22(32-33)23(28)34)24(35)30-9-17-13(2)31-20(27)6-19(17)25/h3-6,8,11H,9-10H2,1-2H3,(H2,27,31)(H2,28,34)(H,30,35). The van der Waals surface area contributed by atoms with Crippen molar-refractivity contribution in [2.24, 2.45) is 5.73 Å². The molecule has 0 aliphatic heterocycles. The summed E-state index contributed by atoms with van der Waals surface area (Å²) in [5, 5.41) is 17.0. The minimum absolute atomic E-state index is 0.0338. The van der Waals surface area contributed by atoms with Gasteiger partial charge in [-0.2, -0.15) is 10.4 Å². The SMILES string of the molecule is Cc1cnc2c(C#N)cc(Cn3cc(C(=O)NCc4c(F)cc(N)nc4C)c(C(N)=O)n3)cc2c1. The number of carbonyl (C=O) groups is 2. The van der Waals surface area contributed by atoms with E-state index in [4.69, 9.17) is 11.5 Å². The zero-order valence-electron chi connectivity index (χ0n) is 19.0. The monoisotopic (exact) mass is 472 g/mol. The van der Waals surface area contributed by atoms with Crippen molar-refractivity contribution in [2.45, 2.75) is 26.9 Å². The number of amides is 2. The van der Waals surface area contributed by atoms with Crippen LogP contribution in [0.2, 0.25) is 0 Å². The fraction of sp³-hybridized carbons (Fsp3) is 0.167. The highest BCUT2D eigenvalue weighted by Gasteiger charge is 2.21. The highest BCUT2D eigenvalue weighted by Crippen LogP contribution is 2.21. The predicted octanol–water partition coefficient (Wildman–Crippen LogP) is 2.11. The maximum Gasteiger partial charge on any atom is 0.270 e. The van der Waals surface area contributed by atoms with Gasteiger partial charge < -0.3 is 16.8 Å². The Kier molecular flexibility index (Phi) is 6.12. The summed E-state index contributed by atoms with van der Waals surface area (Å²) in [5.74, 6) is -2.11. The molecule has 0 aliphatic carbocycles. The van der Waals surface area contributed by atoms with Gasteiger partial charge >= 0.3 is 0 Å². The Morgan fingerprint density at radius 2 is 2.00 bits per heavy atom. The van der Waals surface area contributed by atoms with Crippen LogP contribution in [0, 0.1) is 31.0 Å². The number of halogens is 1. The van der Waals surface area contributed by atoms with Gasteiger partial charge in [0.2, 0.25) is 0 Å². The smallest absolute Gasteiger partial charge is 0.270 e. The average Bonchev–Trinajstić information content (AvgIpc) is 3.21. The lowest BCUT2D eigenvalue weighted by atomic mass is 10.0. The number of fused-ring (bicyclic) bond motifs is 1. The number of hydrogen-bond acceptors (Lipinski definition) is 7. The summed E-state index contributed by atoms with van der Waals surface area (Å²) >= 11 is 0. The molecule has 0 fully saturated rings. The van der Waals surface area contributed by atoms with Crippen LogP contribution in [0.3, 0.4) is 0 Å². The lowest BCUT2D eigenvalue weighted by molar-refractivity contribution is 0.0932. The van der Waals surface area contributed by atoms with E-state index in [0.717, 1.165) is 22.6 Å². The van der Waals surface area contributed by atoms with E-state index < -0.39 is 17.6 Å². The van der Waals surface area contributed by atoms with Crippen LogP contribution in [0.1, 0.15) is 48.8 Å². The summed E-state index contributed by atoms with van der Waals surface area (Å²) in [4.78, 5) is 33.1. The van der Waals surface area contributed by atoms with Gasteiger partial charge in [-0.25, -0.2) is 9.37 Å². The number of nitrogens with one attached hydrogen (secondary N) is 1. The van der Waals surface area contributed by atoms with Gasteiger partial charge in [-0.1, -0.05) is 0 Å². The molecule has 0 saturated carbocycles. The van der Waals surface area contributed by atoms with Crippen LogP contribution in [-0.4, -0.2) is 31.6 Å². The van der Waals surface area contributed by atoms with Crippen molar-refractivity contribution in [1.29, 1.82) is 5.26 Å². The van der Waals surface area contributed by atoms with E-state index in [1.807, 2.05) is 19.1 Å². The quantitative estimate of drug-likeness (QED) is 0.386. The van der Waals surface area contributed by atoms with E-state index in [2.05, 4.69) is 26.5 Å². The third-order valence-corrected chi connectivity index (χ3v) is 5.41. The molecule has 1 aromatic carbocycles. The van der Waals surface area contributed by atoms with Gasteiger partial charge in [0.25, 0.3) is 11.8 Å². The largest absolute Gasteiger partial charge is 0.384 e. The highest BCUT2D eigenvalue weighted by atomic mass is 19.1. The molecular formula is C24H21FN8O2. The molecule has 0 aliphatic rings. The number of carbonyl (C=O) groups excluding carboxylic acids is 2. The molecule has 5 N–H and O–H groups in total. The van der Waals surface area contributed by atoms with Gasteiger partial charge in [-0.3, -0.25) is 19.3 Å². The molecule has 2 amide bonds. The summed E-state index contributed by atoms with van der Waals surface area (Å²) in [6.07, 6.45) is 3.07. The average molecular weight is 472 g/mol. The van der Waals surface area contributed by atoms with Crippen molar-refractivity contribution < 1.29 is 14.0 Å². The number of benzene rings is 1. The second-order valence-corrected chi connectivity index (χ2v) is 8.07.